The monoisotopic (exact) mass is 418 g/mol. The number of hydrogen-bond donors (Lipinski definition) is 2. The summed E-state index contributed by atoms with van der Waals surface area (Å²) in [6.07, 6.45) is 0.986. The van der Waals surface area contributed by atoms with Crippen molar-refractivity contribution < 1.29 is 19.0 Å². The van der Waals surface area contributed by atoms with Crippen LogP contribution in [0.25, 0.3) is 22.2 Å². The second kappa shape index (κ2) is 7.57. The van der Waals surface area contributed by atoms with Crippen LogP contribution in [0.15, 0.2) is 67.0 Å². The first kappa shape index (κ1) is 19.3. The Hall–Kier alpha value is -3.62. The molecule has 1 aliphatic heterocycles. The summed E-state index contributed by atoms with van der Waals surface area (Å²) in [5, 5.41) is 10.4. The fraction of sp³-hybridized carbons (Fsp3) is 0.174. The van der Waals surface area contributed by atoms with E-state index in [1.807, 2.05) is 30.3 Å². The summed E-state index contributed by atoms with van der Waals surface area (Å²) >= 11 is 0. The Morgan fingerprint density at radius 3 is 2.71 bits per heavy atom. The maximum atomic E-state index is 13.2. The van der Waals surface area contributed by atoms with Crippen molar-refractivity contribution in [1.82, 2.24) is 19.9 Å². The Morgan fingerprint density at radius 2 is 1.97 bits per heavy atom. The highest BCUT2D eigenvalue weighted by atomic mass is 19.1. The van der Waals surface area contributed by atoms with Crippen molar-refractivity contribution in [3.8, 4) is 11.1 Å². The largest absolute Gasteiger partial charge is 0.351 e. The van der Waals surface area contributed by atoms with Gasteiger partial charge in [0.05, 0.1) is 17.1 Å². The molecule has 1 fully saturated rings. The molecule has 7 nitrogen and oxygen atoms in total. The summed E-state index contributed by atoms with van der Waals surface area (Å²) in [5.74, 6) is -0.474. The number of halogens is 1. The van der Waals surface area contributed by atoms with E-state index in [0.29, 0.717) is 16.9 Å². The van der Waals surface area contributed by atoms with Crippen LogP contribution in [0.3, 0.4) is 0 Å². The molecule has 2 N–H and O–H groups in total. The molecule has 4 aromatic rings. The topological polar surface area (TPSA) is 91.3 Å². The van der Waals surface area contributed by atoms with Crippen LogP contribution >= 0.6 is 0 Å². The van der Waals surface area contributed by atoms with Crippen LogP contribution in [0, 0.1) is 5.82 Å². The van der Waals surface area contributed by atoms with Gasteiger partial charge in [-0.25, -0.2) is 9.37 Å². The van der Waals surface area contributed by atoms with E-state index in [1.54, 1.807) is 31.5 Å². The van der Waals surface area contributed by atoms with Crippen LogP contribution in [0.5, 0.6) is 0 Å². The van der Waals surface area contributed by atoms with E-state index < -0.39 is 24.5 Å². The standard InChI is InChI=1S/C23H19FN4O3/c1-13(14-4-7-17(24)8-5-14)28-22(29)20(31-23(28)30)21-26-18-9-6-15(11-19(18)27-21)16-3-2-10-25-12-16/h2-13,20,23,30H,1H3,(H,26,27). The molecule has 8 heteroatoms. The molecule has 3 unspecified atom stereocenters. The average Bonchev–Trinajstić information content (AvgIpc) is 3.34. The van der Waals surface area contributed by atoms with Crippen molar-refractivity contribution in [3.05, 3.63) is 84.2 Å². The fourth-order valence-electron chi connectivity index (χ4n) is 3.82. The minimum absolute atomic E-state index is 0.316. The van der Waals surface area contributed by atoms with Gasteiger partial charge in [0.1, 0.15) is 11.6 Å². The van der Waals surface area contributed by atoms with Crippen molar-refractivity contribution >= 4 is 16.9 Å². The van der Waals surface area contributed by atoms with Crippen molar-refractivity contribution in [1.29, 1.82) is 0 Å². The molecule has 5 rings (SSSR count). The van der Waals surface area contributed by atoms with Gasteiger partial charge in [-0.2, -0.15) is 0 Å². The van der Waals surface area contributed by atoms with Crippen LogP contribution < -0.4 is 0 Å². The number of aliphatic hydroxyl groups is 1. The molecule has 2 aromatic carbocycles. The number of nitrogens with one attached hydrogen (secondary N) is 1. The average molecular weight is 418 g/mol. The van der Waals surface area contributed by atoms with Gasteiger partial charge < -0.3 is 14.8 Å². The lowest BCUT2D eigenvalue weighted by atomic mass is 10.1. The molecule has 1 saturated heterocycles. The van der Waals surface area contributed by atoms with Gasteiger partial charge in [-0.3, -0.25) is 14.7 Å². The van der Waals surface area contributed by atoms with Crippen molar-refractivity contribution in [2.45, 2.75) is 25.5 Å². The summed E-state index contributed by atoms with van der Waals surface area (Å²) in [4.78, 5) is 26.1. The number of aromatic amines is 1. The first-order valence-electron chi connectivity index (χ1n) is 9.82. The number of aromatic nitrogens is 3. The molecule has 31 heavy (non-hydrogen) atoms. The van der Waals surface area contributed by atoms with Crippen LogP contribution in [0.4, 0.5) is 4.39 Å². The first-order chi connectivity index (χ1) is 15.0. The molecule has 0 radical (unpaired) electrons. The van der Waals surface area contributed by atoms with E-state index in [1.165, 1.54) is 17.0 Å². The highest BCUT2D eigenvalue weighted by Gasteiger charge is 2.44. The molecular formula is C23H19FN4O3. The van der Waals surface area contributed by atoms with Crippen LogP contribution in [0.2, 0.25) is 0 Å². The van der Waals surface area contributed by atoms with Gasteiger partial charge in [0.25, 0.3) is 5.91 Å². The molecule has 3 atom stereocenters. The fourth-order valence-corrected chi connectivity index (χ4v) is 3.82. The second-order valence-electron chi connectivity index (χ2n) is 7.41. The third-order valence-corrected chi connectivity index (χ3v) is 5.49. The number of aliphatic hydroxyl groups excluding tert-OH is 1. The lowest BCUT2D eigenvalue weighted by Crippen LogP contribution is -2.36. The lowest BCUT2D eigenvalue weighted by Gasteiger charge is -2.26. The number of H-pyrrole nitrogens is 1. The van der Waals surface area contributed by atoms with Gasteiger partial charge in [0, 0.05) is 18.0 Å². The molecule has 1 amide bonds. The van der Waals surface area contributed by atoms with Gasteiger partial charge in [0.2, 0.25) is 6.41 Å². The van der Waals surface area contributed by atoms with Gasteiger partial charge in [-0.05, 0) is 48.4 Å². The highest BCUT2D eigenvalue weighted by molar-refractivity contribution is 5.86. The second-order valence-corrected chi connectivity index (χ2v) is 7.41. The third-order valence-electron chi connectivity index (χ3n) is 5.49. The maximum absolute atomic E-state index is 13.2. The molecule has 0 aliphatic carbocycles. The number of imidazole rings is 1. The van der Waals surface area contributed by atoms with Crippen LogP contribution in [-0.2, 0) is 9.53 Å². The Bertz CT molecular complexity index is 1240. The van der Waals surface area contributed by atoms with E-state index in [4.69, 9.17) is 4.74 Å². The summed E-state index contributed by atoms with van der Waals surface area (Å²) < 4.78 is 18.8. The van der Waals surface area contributed by atoms with Crippen molar-refractivity contribution in [2.75, 3.05) is 0 Å². The number of fused-ring (bicyclic) bond motifs is 1. The van der Waals surface area contributed by atoms with E-state index in [-0.39, 0.29) is 5.82 Å². The van der Waals surface area contributed by atoms with Gasteiger partial charge >= 0.3 is 0 Å². The first-order valence-corrected chi connectivity index (χ1v) is 9.82. The molecule has 1 aliphatic rings. The number of benzene rings is 2. The Labute approximate surface area is 177 Å². The normalized spacial score (nSPS) is 19.8. The number of hydrogen-bond acceptors (Lipinski definition) is 5. The summed E-state index contributed by atoms with van der Waals surface area (Å²) in [6.45, 7) is 1.75. The van der Waals surface area contributed by atoms with Gasteiger partial charge in [-0.1, -0.05) is 24.3 Å². The van der Waals surface area contributed by atoms with E-state index >= 15 is 0 Å². The molecule has 0 bridgehead atoms. The lowest BCUT2D eigenvalue weighted by molar-refractivity contribution is -0.163. The maximum Gasteiger partial charge on any atom is 0.264 e. The van der Waals surface area contributed by atoms with Crippen molar-refractivity contribution in [3.63, 3.8) is 0 Å². The number of pyridine rings is 1. The van der Waals surface area contributed by atoms with Crippen molar-refractivity contribution in [2.24, 2.45) is 0 Å². The zero-order chi connectivity index (χ0) is 21.5. The number of nitrogens with zero attached hydrogens (tertiary/aromatic N) is 3. The number of carbonyl (C=O) groups excluding carboxylic acids is 1. The minimum atomic E-state index is -1.43. The zero-order valence-corrected chi connectivity index (χ0v) is 16.6. The van der Waals surface area contributed by atoms with Gasteiger partial charge in [0.15, 0.2) is 6.10 Å². The predicted molar refractivity (Wildman–Crippen MR) is 111 cm³/mol. The molecule has 3 heterocycles. The van der Waals surface area contributed by atoms with Crippen LogP contribution in [-0.4, -0.2) is 37.3 Å². The highest BCUT2D eigenvalue weighted by Crippen LogP contribution is 2.35. The summed E-state index contributed by atoms with van der Waals surface area (Å²) in [6, 6.07) is 14.8. The molecule has 0 spiro atoms. The van der Waals surface area contributed by atoms with E-state index in [9.17, 15) is 14.3 Å². The zero-order valence-electron chi connectivity index (χ0n) is 16.6. The number of amides is 1. The number of carbonyl (C=O) groups is 1. The Kier molecular flexibility index (Phi) is 4.72. The molecule has 2 aromatic heterocycles. The van der Waals surface area contributed by atoms with Crippen LogP contribution in [0.1, 0.15) is 30.5 Å². The minimum Gasteiger partial charge on any atom is -0.351 e. The third kappa shape index (κ3) is 3.45. The molecule has 156 valence electrons. The Morgan fingerprint density at radius 1 is 1.16 bits per heavy atom. The Balaban J connectivity index is 1.43. The quantitative estimate of drug-likeness (QED) is 0.527. The number of rotatable bonds is 4. The number of ether oxygens (including phenoxy) is 1. The SMILES string of the molecule is CC(c1ccc(F)cc1)N1C(=O)C(c2nc3ccc(-c4cccnc4)cc3[nH]2)OC1O. The summed E-state index contributed by atoms with van der Waals surface area (Å²) in [7, 11) is 0. The predicted octanol–water partition coefficient (Wildman–Crippen LogP) is 3.70. The molecular weight excluding hydrogens is 399 g/mol. The molecule has 0 saturated carbocycles. The van der Waals surface area contributed by atoms with E-state index in [0.717, 1.165) is 16.6 Å². The van der Waals surface area contributed by atoms with E-state index in [2.05, 4.69) is 15.0 Å². The summed E-state index contributed by atoms with van der Waals surface area (Å²) in [5.41, 5.74) is 4.03. The van der Waals surface area contributed by atoms with Gasteiger partial charge in [-0.15, -0.1) is 0 Å². The smallest absolute Gasteiger partial charge is 0.264 e.